The number of hydrogen-bond donors (Lipinski definition) is 0. The van der Waals surface area contributed by atoms with Crippen molar-refractivity contribution in [1.29, 1.82) is 0 Å². The van der Waals surface area contributed by atoms with Crippen molar-refractivity contribution in [3.63, 3.8) is 0 Å². The maximum atomic E-state index is 13.5. The van der Waals surface area contributed by atoms with Crippen molar-refractivity contribution in [3.8, 4) is 16.3 Å². The summed E-state index contributed by atoms with van der Waals surface area (Å²) in [4.78, 5) is 30.3. The molecule has 166 valence electrons. The van der Waals surface area contributed by atoms with Crippen molar-refractivity contribution in [2.24, 2.45) is 0 Å². The molecule has 2 aromatic heterocycles. The summed E-state index contributed by atoms with van der Waals surface area (Å²) in [5.74, 6) is 0.616. The Morgan fingerprint density at radius 2 is 1.97 bits per heavy atom. The zero-order chi connectivity index (χ0) is 22.8. The van der Waals surface area contributed by atoms with Gasteiger partial charge < -0.3 is 13.9 Å². The van der Waals surface area contributed by atoms with Crippen molar-refractivity contribution in [2.75, 3.05) is 6.61 Å². The van der Waals surface area contributed by atoms with Crippen LogP contribution in [0.1, 0.15) is 38.5 Å². The summed E-state index contributed by atoms with van der Waals surface area (Å²) in [5.41, 5.74) is 2.46. The van der Waals surface area contributed by atoms with E-state index in [1.54, 1.807) is 26.0 Å². The molecule has 0 spiro atoms. The Hall–Kier alpha value is -3.19. The summed E-state index contributed by atoms with van der Waals surface area (Å²) in [6, 6.07) is 11.3. The van der Waals surface area contributed by atoms with Gasteiger partial charge in [-0.3, -0.25) is 4.79 Å². The lowest BCUT2D eigenvalue weighted by Crippen LogP contribution is -2.29. The lowest BCUT2D eigenvalue weighted by Gasteiger charge is -2.18. The number of rotatable bonds is 7. The maximum absolute atomic E-state index is 13.5. The van der Waals surface area contributed by atoms with Crippen molar-refractivity contribution < 1.29 is 18.7 Å². The molecule has 0 fully saturated rings. The van der Waals surface area contributed by atoms with Crippen LogP contribution in [0.2, 0.25) is 0 Å². The van der Waals surface area contributed by atoms with Gasteiger partial charge in [-0.1, -0.05) is 26.0 Å². The van der Waals surface area contributed by atoms with Crippen molar-refractivity contribution >= 4 is 38.5 Å². The molecule has 0 radical (unpaired) electrons. The molecule has 0 saturated heterocycles. The minimum Gasteiger partial charge on any atom is -0.478 e. The highest BCUT2D eigenvalue weighted by molar-refractivity contribution is 7.21. The lowest BCUT2D eigenvalue weighted by atomic mass is 10.1. The van der Waals surface area contributed by atoms with Crippen molar-refractivity contribution in [3.05, 3.63) is 57.9 Å². The molecule has 0 unspecified atom stereocenters. The van der Waals surface area contributed by atoms with E-state index in [1.807, 2.05) is 38.1 Å². The molecule has 4 rings (SSSR count). The van der Waals surface area contributed by atoms with Crippen LogP contribution < -0.4 is 10.2 Å². The van der Waals surface area contributed by atoms with Crippen molar-refractivity contribution in [2.45, 2.75) is 46.6 Å². The van der Waals surface area contributed by atoms with E-state index < -0.39 is 12.1 Å². The Morgan fingerprint density at radius 1 is 1.19 bits per heavy atom. The van der Waals surface area contributed by atoms with Gasteiger partial charge in [0.15, 0.2) is 6.10 Å². The van der Waals surface area contributed by atoms with Gasteiger partial charge in [-0.15, -0.1) is 11.3 Å². The fourth-order valence-electron chi connectivity index (χ4n) is 3.68. The first-order valence-corrected chi connectivity index (χ1v) is 11.6. The van der Waals surface area contributed by atoms with E-state index in [0.717, 1.165) is 15.8 Å². The third-order valence-electron chi connectivity index (χ3n) is 5.33. The predicted molar refractivity (Wildman–Crippen MR) is 127 cm³/mol. The van der Waals surface area contributed by atoms with Crippen LogP contribution in [0, 0.1) is 6.92 Å². The smallest absolute Gasteiger partial charge is 0.347 e. The Kier molecular flexibility index (Phi) is 6.28. The number of aryl methyl sites for hydroxylation is 2. The van der Waals surface area contributed by atoms with Gasteiger partial charge in [-0.2, -0.15) is 0 Å². The number of carbonyl (C=O) groups excluding carboxylic acids is 1. The second kappa shape index (κ2) is 9.12. The van der Waals surface area contributed by atoms with Gasteiger partial charge in [0.2, 0.25) is 5.43 Å². The molecular weight excluding hydrogens is 426 g/mol. The number of hydrogen-bond acceptors (Lipinski definition) is 7. The molecule has 2 aromatic carbocycles. The Morgan fingerprint density at radius 3 is 2.66 bits per heavy atom. The van der Waals surface area contributed by atoms with Crippen LogP contribution in [0.15, 0.2) is 45.6 Å². The summed E-state index contributed by atoms with van der Waals surface area (Å²) in [5, 5.41) is 1.12. The molecule has 0 aliphatic heterocycles. The molecule has 2 heterocycles. The number of aromatic nitrogens is 1. The van der Waals surface area contributed by atoms with Gasteiger partial charge in [0.1, 0.15) is 22.1 Å². The second-order valence-corrected chi connectivity index (χ2v) is 8.46. The average molecular weight is 452 g/mol. The first kappa shape index (κ1) is 22.0. The topological polar surface area (TPSA) is 78.6 Å². The number of ether oxygens (including phenoxy) is 2. The maximum Gasteiger partial charge on any atom is 0.347 e. The standard InChI is InChI=1S/C25H25NO5S/c1-5-15-12-16-20(13-19(15)31-18(6-2)25(28)29-7-3)30-14(4)22(23(16)27)24-26-17-10-8-9-11-21(17)32-24/h8-13,18H,5-7H2,1-4H3/t18-/m1/s1. The summed E-state index contributed by atoms with van der Waals surface area (Å²) in [6.07, 6.45) is 0.390. The van der Waals surface area contributed by atoms with Crippen molar-refractivity contribution in [1.82, 2.24) is 4.98 Å². The van der Waals surface area contributed by atoms with E-state index in [9.17, 15) is 9.59 Å². The van der Waals surface area contributed by atoms with Gasteiger partial charge in [-0.05, 0) is 50.5 Å². The van der Waals surface area contributed by atoms with E-state index >= 15 is 0 Å². The largest absolute Gasteiger partial charge is 0.478 e. The fraction of sp³-hybridized carbons (Fsp3) is 0.320. The summed E-state index contributed by atoms with van der Waals surface area (Å²) in [7, 11) is 0. The summed E-state index contributed by atoms with van der Waals surface area (Å²) < 4.78 is 18.2. The van der Waals surface area contributed by atoms with E-state index in [1.165, 1.54) is 11.3 Å². The van der Waals surface area contributed by atoms with E-state index in [0.29, 0.717) is 52.5 Å². The number of nitrogens with zero attached hydrogens (tertiary/aromatic N) is 1. The number of thiazole rings is 1. The molecule has 0 bridgehead atoms. The van der Waals surface area contributed by atoms with E-state index in [4.69, 9.17) is 13.9 Å². The number of esters is 1. The summed E-state index contributed by atoms with van der Waals surface area (Å²) >= 11 is 1.47. The molecule has 0 amide bonds. The fourth-order valence-corrected chi connectivity index (χ4v) is 4.73. The molecule has 0 aliphatic rings. The van der Waals surface area contributed by atoms with Crippen LogP contribution in [0.3, 0.4) is 0 Å². The number of benzene rings is 2. The normalized spacial score (nSPS) is 12.2. The highest BCUT2D eigenvalue weighted by Gasteiger charge is 2.23. The minimum atomic E-state index is -0.715. The average Bonchev–Trinajstić information content (AvgIpc) is 3.20. The molecule has 0 aliphatic carbocycles. The quantitative estimate of drug-likeness (QED) is 0.337. The van der Waals surface area contributed by atoms with Crippen LogP contribution in [-0.2, 0) is 16.0 Å². The zero-order valence-corrected chi connectivity index (χ0v) is 19.4. The van der Waals surface area contributed by atoms with Crippen LogP contribution in [-0.4, -0.2) is 23.7 Å². The number of para-hydroxylation sites is 1. The van der Waals surface area contributed by atoms with Gasteiger partial charge >= 0.3 is 5.97 Å². The lowest BCUT2D eigenvalue weighted by molar-refractivity contribution is -0.151. The highest BCUT2D eigenvalue weighted by atomic mass is 32.1. The molecule has 6 nitrogen and oxygen atoms in total. The first-order chi connectivity index (χ1) is 15.5. The van der Waals surface area contributed by atoms with Crippen LogP contribution in [0.25, 0.3) is 31.8 Å². The number of carbonyl (C=O) groups is 1. The molecule has 0 N–H and O–H groups in total. The zero-order valence-electron chi connectivity index (χ0n) is 18.6. The molecule has 1 atom stereocenters. The third-order valence-corrected chi connectivity index (χ3v) is 6.38. The molecule has 7 heteroatoms. The Balaban J connectivity index is 1.82. The third kappa shape index (κ3) is 4.00. The SMILES string of the molecule is CCOC(=O)[C@@H](CC)Oc1cc2oc(C)c(-c3nc4ccccc4s3)c(=O)c2cc1CC. The monoisotopic (exact) mass is 451 g/mol. The highest BCUT2D eigenvalue weighted by Crippen LogP contribution is 2.33. The molecule has 32 heavy (non-hydrogen) atoms. The van der Waals surface area contributed by atoms with E-state index in [2.05, 4.69) is 4.98 Å². The summed E-state index contributed by atoms with van der Waals surface area (Å²) in [6.45, 7) is 7.66. The number of fused-ring (bicyclic) bond motifs is 2. The second-order valence-electron chi connectivity index (χ2n) is 7.43. The Labute approximate surface area is 189 Å². The first-order valence-electron chi connectivity index (χ1n) is 10.8. The molecule has 0 saturated carbocycles. The van der Waals surface area contributed by atoms with E-state index in [-0.39, 0.29) is 5.43 Å². The van der Waals surface area contributed by atoms with Gasteiger partial charge in [0.05, 0.1) is 27.8 Å². The van der Waals surface area contributed by atoms with Gasteiger partial charge in [-0.25, -0.2) is 9.78 Å². The minimum absolute atomic E-state index is 0.124. The van der Waals surface area contributed by atoms with Crippen LogP contribution in [0.5, 0.6) is 5.75 Å². The van der Waals surface area contributed by atoms with Crippen LogP contribution >= 0.6 is 11.3 Å². The van der Waals surface area contributed by atoms with Gasteiger partial charge in [0.25, 0.3) is 0 Å². The van der Waals surface area contributed by atoms with Gasteiger partial charge in [0, 0.05) is 6.07 Å². The molecule has 4 aromatic rings. The Bertz CT molecular complexity index is 1320. The molecular formula is C25H25NO5S. The van der Waals surface area contributed by atoms with Crippen LogP contribution in [0.4, 0.5) is 0 Å². The predicted octanol–water partition coefficient (Wildman–Crippen LogP) is 5.66.